The van der Waals surface area contributed by atoms with E-state index in [4.69, 9.17) is 14.9 Å². The number of rotatable bonds is 1. The molecule has 0 fully saturated rings. The van der Waals surface area contributed by atoms with E-state index in [0.717, 1.165) is 0 Å². The summed E-state index contributed by atoms with van der Waals surface area (Å²) in [5, 5.41) is 7.53. The van der Waals surface area contributed by atoms with Crippen molar-refractivity contribution >= 4 is 89.4 Å². The summed E-state index contributed by atoms with van der Waals surface area (Å²) in [6.07, 6.45) is -1.99. The third-order valence-electron chi connectivity index (χ3n) is 0.197. The van der Waals surface area contributed by atoms with Gasteiger partial charge in [-0.15, -0.1) is 0 Å². The molecule has 0 aromatic rings. The molecule has 0 aliphatic rings. The maximum atomic E-state index is 9.53. The van der Waals surface area contributed by atoms with Gasteiger partial charge in [-0.2, -0.15) is 0 Å². The Morgan fingerprint density at radius 2 is 1.33 bits per heavy atom. The molecule has 0 radical (unpaired) electrons. The van der Waals surface area contributed by atoms with Crippen LogP contribution in [0.3, 0.4) is 0 Å². The van der Waals surface area contributed by atoms with Gasteiger partial charge in [0.05, 0.1) is 0 Å². The molecule has 0 amide bonds. The van der Waals surface area contributed by atoms with Gasteiger partial charge >= 0.3 is 89.4 Å². The molecule has 0 aromatic carbocycles. The zero-order valence-electron chi connectivity index (χ0n) is 3.51. The van der Waals surface area contributed by atoms with Crippen molar-refractivity contribution in [3.05, 3.63) is 0 Å². The quantitative estimate of drug-likeness (QED) is 0.292. The Morgan fingerprint density at radius 1 is 1.08 bits per heavy atom. The van der Waals surface area contributed by atoms with Crippen molar-refractivity contribution in [1.82, 2.24) is 0 Å². The minimum absolute atomic E-state index is 0. The van der Waals surface area contributed by atoms with Crippen molar-refractivity contribution in [3.63, 3.8) is 0 Å². The maximum absolute atomic E-state index is 9.53. The summed E-state index contributed by atoms with van der Waals surface area (Å²) in [6.45, 7) is 0. The van der Waals surface area contributed by atoms with Gasteiger partial charge in [-0.1, -0.05) is 0 Å². The van der Waals surface area contributed by atoms with Crippen LogP contribution in [0.15, 0.2) is 0 Å². The zero-order valence-corrected chi connectivity index (χ0v) is 4.41. The average molecular weight is 174 g/mol. The predicted octanol–water partition coefficient (Wildman–Crippen LogP) is -2.82. The molecule has 0 spiro atoms. The molecule has 11 heteroatoms. The number of carbonyl (C=O) groups is 1. The Hall–Kier alpha value is 1.81. The molecular formula is CH7Li4O6P. The fourth-order valence-electron chi connectivity index (χ4n) is 0.102. The molecule has 0 rings (SSSR count). The average Bonchev–Trinajstić information content (AvgIpc) is 1.21. The molecule has 0 saturated heterocycles. The minimum atomic E-state index is -4.82. The van der Waals surface area contributed by atoms with Crippen LogP contribution in [0.2, 0.25) is 0 Å². The Labute approximate surface area is 117 Å². The summed E-state index contributed by atoms with van der Waals surface area (Å²) in [4.78, 5) is 24.7. The van der Waals surface area contributed by atoms with Gasteiger partial charge in [-0.05, 0) is 0 Å². The van der Waals surface area contributed by atoms with Gasteiger partial charge in [0.25, 0.3) is 0 Å². The summed E-state index contributed by atoms with van der Waals surface area (Å²) in [6, 6.07) is 0. The van der Waals surface area contributed by atoms with Crippen LogP contribution in [0.4, 0.5) is 4.79 Å². The first kappa shape index (κ1) is 29.2. The van der Waals surface area contributed by atoms with E-state index in [9.17, 15) is 9.36 Å². The van der Waals surface area contributed by atoms with E-state index < -0.39 is 14.0 Å². The van der Waals surface area contributed by atoms with Crippen molar-refractivity contribution in [2.24, 2.45) is 0 Å². The third kappa shape index (κ3) is 29.8. The molecule has 0 bridgehead atoms. The van der Waals surface area contributed by atoms with Gasteiger partial charge < -0.3 is 9.63 Å². The second kappa shape index (κ2) is 12.8. The Kier molecular flexibility index (Phi) is 31.2. The topological polar surface area (TPSA) is 104 Å². The van der Waals surface area contributed by atoms with E-state index in [1.807, 2.05) is 0 Å². The van der Waals surface area contributed by atoms with Crippen molar-refractivity contribution < 1.29 is 28.8 Å². The molecule has 0 aromatic heterocycles. The van der Waals surface area contributed by atoms with Gasteiger partial charge in [-0.25, -0.2) is 9.36 Å². The molecule has 0 aliphatic carbocycles. The summed E-state index contributed by atoms with van der Waals surface area (Å²) in [7, 11) is -4.82. The molecule has 0 atom stereocenters. The van der Waals surface area contributed by atoms with Gasteiger partial charge in [-0.3, -0.25) is 9.79 Å². The molecule has 0 unspecified atom stereocenters. The second-order valence-corrected chi connectivity index (χ2v) is 2.01. The molecule has 0 heterocycles. The van der Waals surface area contributed by atoms with E-state index in [1.54, 1.807) is 0 Å². The van der Waals surface area contributed by atoms with Crippen LogP contribution in [0.5, 0.6) is 0 Å². The van der Waals surface area contributed by atoms with E-state index >= 15 is 0 Å². The first-order valence-electron chi connectivity index (χ1n) is 1.40. The van der Waals surface area contributed by atoms with Gasteiger partial charge in [0.15, 0.2) is 0 Å². The van der Waals surface area contributed by atoms with Crippen LogP contribution < -0.4 is 0 Å². The third-order valence-corrected chi connectivity index (χ3v) is 0.591. The molecule has 6 nitrogen and oxygen atoms in total. The van der Waals surface area contributed by atoms with Crippen LogP contribution in [-0.4, -0.2) is 96.5 Å². The van der Waals surface area contributed by atoms with Crippen LogP contribution in [0.25, 0.3) is 0 Å². The number of hydrogen-bond acceptors (Lipinski definition) is 3. The van der Waals surface area contributed by atoms with Crippen molar-refractivity contribution in [3.8, 4) is 0 Å². The molecule has 12 heavy (non-hydrogen) atoms. The molecule has 0 aliphatic heterocycles. The van der Waals surface area contributed by atoms with Crippen molar-refractivity contribution in [1.29, 1.82) is 0 Å². The first-order chi connectivity index (χ1) is 3.42. The van der Waals surface area contributed by atoms with Gasteiger partial charge in [0.1, 0.15) is 0 Å². The summed E-state index contributed by atoms with van der Waals surface area (Å²) >= 11 is 0. The zero-order chi connectivity index (χ0) is 6.78. The summed E-state index contributed by atoms with van der Waals surface area (Å²) in [5.74, 6) is 0. The second-order valence-electron chi connectivity index (χ2n) is 0.848. The van der Waals surface area contributed by atoms with Crippen LogP contribution in [0.1, 0.15) is 0 Å². The standard InChI is InChI=1S/CH3O6P.4Li.4H/c2-1(3)7-8(4,5)6;;;;;;;;/h(H,2,3)(H2,4,5,6);;;;;;;;. The Balaban J connectivity index is -0.0000000408. The number of phosphoric ester groups is 1. The SMILES string of the molecule is O=C(O)OP(=O)(O)O.[LiH].[LiH].[LiH].[LiH]. The molecule has 0 saturated carbocycles. The van der Waals surface area contributed by atoms with Crippen molar-refractivity contribution in [2.75, 3.05) is 0 Å². The first-order valence-corrected chi connectivity index (χ1v) is 2.93. The summed E-state index contributed by atoms with van der Waals surface area (Å²) in [5.41, 5.74) is 0. The number of carboxylic acid groups (broad SMARTS) is 1. The predicted molar refractivity (Wildman–Crippen MR) is 49.7 cm³/mol. The number of hydrogen-bond donors (Lipinski definition) is 3. The van der Waals surface area contributed by atoms with E-state index in [2.05, 4.69) is 4.52 Å². The van der Waals surface area contributed by atoms with E-state index in [0.29, 0.717) is 0 Å². The fraction of sp³-hybridized carbons (Fsp3) is 0. The summed E-state index contributed by atoms with van der Waals surface area (Å²) < 4.78 is 12.6. The van der Waals surface area contributed by atoms with Gasteiger partial charge in [0.2, 0.25) is 0 Å². The molecule has 3 N–H and O–H groups in total. The number of phosphoric acid groups is 1. The van der Waals surface area contributed by atoms with E-state index in [1.165, 1.54) is 0 Å². The van der Waals surface area contributed by atoms with Gasteiger partial charge in [0, 0.05) is 0 Å². The van der Waals surface area contributed by atoms with Crippen LogP contribution in [0, 0.1) is 0 Å². The molecular weight excluding hydrogens is 167 g/mol. The monoisotopic (exact) mass is 174 g/mol. The Bertz CT molecular complexity index is 142. The fourth-order valence-corrected chi connectivity index (χ4v) is 0.305. The van der Waals surface area contributed by atoms with Crippen molar-refractivity contribution in [2.45, 2.75) is 0 Å². The van der Waals surface area contributed by atoms with E-state index in [-0.39, 0.29) is 75.4 Å². The Morgan fingerprint density at radius 3 is 1.33 bits per heavy atom. The normalized spacial score (nSPS) is 7.17. The van der Waals surface area contributed by atoms with Crippen LogP contribution >= 0.6 is 7.82 Å². The molecule has 56 valence electrons. The van der Waals surface area contributed by atoms with Crippen LogP contribution in [-0.2, 0) is 9.09 Å².